The molecule has 1 aromatic heterocycles. The third-order valence-corrected chi connectivity index (χ3v) is 5.90. The lowest BCUT2D eigenvalue weighted by atomic mass is 10.0. The second-order valence-electron chi connectivity index (χ2n) is 6.30. The summed E-state index contributed by atoms with van der Waals surface area (Å²) in [5, 5.41) is 0.803. The Morgan fingerprint density at radius 1 is 1.42 bits per heavy atom. The minimum absolute atomic E-state index is 0.160. The molecule has 0 saturated carbocycles. The number of alkyl halides is 2. The van der Waals surface area contributed by atoms with Gasteiger partial charge in [-0.1, -0.05) is 30.7 Å². The average Bonchev–Trinajstić information content (AvgIpc) is 3.04. The Morgan fingerprint density at radius 3 is 2.96 bits per heavy atom. The number of piperidine rings is 1. The summed E-state index contributed by atoms with van der Waals surface area (Å²) in [5.41, 5.74) is 0.640. The van der Waals surface area contributed by atoms with E-state index in [9.17, 15) is 4.39 Å². The Labute approximate surface area is 151 Å². The molecule has 0 bridgehead atoms. The van der Waals surface area contributed by atoms with Gasteiger partial charge >= 0.3 is 0 Å². The number of thiazole rings is 1. The lowest BCUT2D eigenvalue weighted by Gasteiger charge is -2.33. The summed E-state index contributed by atoms with van der Waals surface area (Å²) >= 11 is 8.22. The molecule has 0 N–H and O–H groups in total. The summed E-state index contributed by atoms with van der Waals surface area (Å²) in [7, 11) is 0. The summed E-state index contributed by atoms with van der Waals surface area (Å²) in [5.74, 6) is 1.18. The van der Waals surface area contributed by atoms with E-state index in [1.54, 1.807) is 17.4 Å². The van der Waals surface area contributed by atoms with E-state index < -0.39 is 6.36 Å². The van der Waals surface area contributed by atoms with Crippen molar-refractivity contribution in [2.24, 2.45) is 5.92 Å². The number of hydrogen-bond donors (Lipinski definition) is 0. The molecule has 0 amide bonds. The van der Waals surface area contributed by atoms with Crippen molar-refractivity contribution >= 4 is 22.9 Å². The Morgan fingerprint density at radius 2 is 2.21 bits per heavy atom. The van der Waals surface area contributed by atoms with Crippen molar-refractivity contribution in [1.29, 1.82) is 0 Å². The highest BCUT2D eigenvalue weighted by atomic mass is 35.5. The summed E-state index contributed by atoms with van der Waals surface area (Å²) < 4.78 is 18.5. The standard InChI is InChI=1S/C18H22ClFN2OS/c1-12-6-5-9-22(11-12)17(19)16-10-21-18(24-16)14-7-3-4-8-15(14)23-13(2)20/h3-4,7-8,10,12-13,17H,5-6,9,11H2,1-2H3/t12-,13?,17?/m1/s1. The van der Waals surface area contributed by atoms with Gasteiger partial charge < -0.3 is 4.74 Å². The largest absolute Gasteiger partial charge is 0.460 e. The van der Waals surface area contributed by atoms with E-state index in [1.165, 1.54) is 19.8 Å². The van der Waals surface area contributed by atoms with Crippen molar-refractivity contribution in [2.75, 3.05) is 13.1 Å². The smallest absolute Gasteiger partial charge is 0.235 e. The van der Waals surface area contributed by atoms with Gasteiger partial charge in [-0.25, -0.2) is 9.37 Å². The molecule has 3 atom stereocenters. The summed E-state index contributed by atoms with van der Waals surface area (Å²) in [6.45, 7) is 5.67. The van der Waals surface area contributed by atoms with E-state index in [4.69, 9.17) is 16.3 Å². The van der Waals surface area contributed by atoms with Gasteiger partial charge in [-0.05, 0) is 37.4 Å². The van der Waals surface area contributed by atoms with Crippen LogP contribution in [0.3, 0.4) is 0 Å². The fourth-order valence-corrected chi connectivity index (χ4v) is 4.38. The van der Waals surface area contributed by atoms with E-state index in [0.717, 1.165) is 28.5 Å². The fourth-order valence-electron chi connectivity index (χ4n) is 3.05. The molecule has 0 aliphatic carbocycles. The number of halogens is 2. The molecule has 24 heavy (non-hydrogen) atoms. The molecule has 2 unspecified atom stereocenters. The lowest BCUT2D eigenvalue weighted by Crippen LogP contribution is -2.35. The number of benzene rings is 1. The first-order valence-corrected chi connectivity index (χ1v) is 9.54. The quantitative estimate of drug-likeness (QED) is 0.516. The van der Waals surface area contributed by atoms with E-state index >= 15 is 0 Å². The topological polar surface area (TPSA) is 25.4 Å². The first-order valence-electron chi connectivity index (χ1n) is 8.28. The molecule has 1 aliphatic heterocycles. The fraction of sp³-hybridized carbons (Fsp3) is 0.500. The number of hydrogen-bond acceptors (Lipinski definition) is 4. The Hall–Kier alpha value is -1.17. The highest BCUT2D eigenvalue weighted by Crippen LogP contribution is 2.38. The van der Waals surface area contributed by atoms with E-state index in [1.807, 2.05) is 24.4 Å². The van der Waals surface area contributed by atoms with Gasteiger partial charge in [-0.15, -0.1) is 11.3 Å². The zero-order valence-corrected chi connectivity index (χ0v) is 15.5. The molecule has 130 valence electrons. The lowest BCUT2D eigenvalue weighted by molar-refractivity contribution is 0.0867. The van der Waals surface area contributed by atoms with E-state index in [0.29, 0.717) is 11.7 Å². The van der Waals surface area contributed by atoms with Gasteiger partial charge in [0, 0.05) is 19.7 Å². The van der Waals surface area contributed by atoms with Crippen LogP contribution in [0.25, 0.3) is 10.6 Å². The molecule has 1 fully saturated rings. The predicted molar refractivity (Wildman–Crippen MR) is 97.3 cm³/mol. The van der Waals surface area contributed by atoms with Crippen LogP contribution >= 0.6 is 22.9 Å². The molecule has 6 heteroatoms. The van der Waals surface area contributed by atoms with Crippen LogP contribution in [-0.4, -0.2) is 29.3 Å². The van der Waals surface area contributed by atoms with Gasteiger partial charge in [-0.3, -0.25) is 4.90 Å². The Balaban J connectivity index is 1.80. The van der Waals surface area contributed by atoms with Crippen LogP contribution < -0.4 is 4.74 Å². The molecule has 0 spiro atoms. The van der Waals surface area contributed by atoms with Crippen LogP contribution in [0.15, 0.2) is 30.5 Å². The minimum atomic E-state index is -1.36. The van der Waals surface area contributed by atoms with Crippen LogP contribution in [0.1, 0.15) is 37.1 Å². The molecule has 3 nitrogen and oxygen atoms in total. The normalized spacial score (nSPS) is 21.4. The van der Waals surface area contributed by atoms with Gasteiger partial charge in [0.2, 0.25) is 6.36 Å². The van der Waals surface area contributed by atoms with Crippen LogP contribution in [0.5, 0.6) is 5.75 Å². The number of aromatic nitrogens is 1. The highest BCUT2D eigenvalue weighted by molar-refractivity contribution is 7.15. The number of ether oxygens (including phenoxy) is 1. The Bertz CT molecular complexity index is 679. The summed E-state index contributed by atoms with van der Waals surface area (Å²) in [6.07, 6.45) is 2.91. The maximum Gasteiger partial charge on any atom is 0.235 e. The Kier molecular flexibility index (Phi) is 5.74. The molecule has 0 radical (unpaired) electrons. The SMILES string of the molecule is CC(F)Oc1ccccc1-c1ncc(C(Cl)N2CCC[C@@H](C)C2)s1. The van der Waals surface area contributed by atoms with Gasteiger partial charge in [-0.2, -0.15) is 0 Å². The van der Waals surface area contributed by atoms with Crippen molar-refractivity contribution in [2.45, 2.75) is 38.5 Å². The average molecular weight is 369 g/mol. The minimum Gasteiger partial charge on any atom is -0.460 e. The van der Waals surface area contributed by atoms with Gasteiger partial charge in [0.1, 0.15) is 16.3 Å². The van der Waals surface area contributed by atoms with E-state index in [-0.39, 0.29) is 5.50 Å². The monoisotopic (exact) mass is 368 g/mol. The molecule has 3 rings (SSSR count). The van der Waals surface area contributed by atoms with Gasteiger partial charge in [0.05, 0.1) is 10.4 Å². The molecule has 2 heterocycles. The second kappa shape index (κ2) is 7.81. The molecule has 2 aromatic rings. The third kappa shape index (κ3) is 4.08. The molecular weight excluding hydrogens is 347 g/mol. The van der Waals surface area contributed by atoms with Crippen molar-refractivity contribution in [1.82, 2.24) is 9.88 Å². The zero-order chi connectivity index (χ0) is 17.1. The van der Waals surface area contributed by atoms with Gasteiger partial charge in [0.15, 0.2) is 0 Å². The maximum atomic E-state index is 13.2. The van der Waals surface area contributed by atoms with Crippen molar-refractivity contribution in [3.05, 3.63) is 35.3 Å². The number of para-hydroxylation sites is 1. The van der Waals surface area contributed by atoms with Gasteiger partial charge in [0.25, 0.3) is 0 Å². The molecule has 1 aromatic carbocycles. The van der Waals surface area contributed by atoms with Crippen LogP contribution in [0.4, 0.5) is 4.39 Å². The van der Waals surface area contributed by atoms with Crippen LogP contribution in [0.2, 0.25) is 0 Å². The molecular formula is C18H22ClFN2OS. The van der Waals surface area contributed by atoms with Crippen molar-refractivity contribution in [3.63, 3.8) is 0 Å². The van der Waals surface area contributed by atoms with Crippen LogP contribution in [-0.2, 0) is 0 Å². The molecule has 1 saturated heterocycles. The number of rotatable bonds is 5. The predicted octanol–water partition coefficient (Wildman–Crippen LogP) is 5.47. The summed E-state index contributed by atoms with van der Waals surface area (Å²) in [6, 6.07) is 7.38. The van der Waals surface area contributed by atoms with E-state index in [2.05, 4.69) is 16.8 Å². The summed E-state index contributed by atoms with van der Waals surface area (Å²) in [4.78, 5) is 7.82. The highest BCUT2D eigenvalue weighted by Gasteiger charge is 2.25. The first-order chi connectivity index (χ1) is 11.5. The second-order valence-corrected chi connectivity index (χ2v) is 7.78. The zero-order valence-electron chi connectivity index (χ0n) is 13.9. The van der Waals surface area contributed by atoms with Crippen LogP contribution in [0, 0.1) is 5.92 Å². The number of nitrogens with zero attached hydrogens (tertiary/aromatic N) is 2. The maximum absolute atomic E-state index is 13.2. The first kappa shape index (κ1) is 17.6. The van der Waals surface area contributed by atoms with Crippen molar-refractivity contribution < 1.29 is 9.13 Å². The number of likely N-dealkylation sites (tertiary alicyclic amines) is 1. The third-order valence-electron chi connectivity index (χ3n) is 4.17. The molecule has 1 aliphatic rings. The van der Waals surface area contributed by atoms with Crippen molar-refractivity contribution in [3.8, 4) is 16.3 Å².